The minimum atomic E-state index is -1.04. The fourth-order valence-corrected chi connectivity index (χ4v) is 5.61. The summed E-state index contributed by atoms with van der Waals surface area (Å²) in [5.41, 5.74) is 0.272. The van der Waals surface area contributed by atoms with Crippen LogP contribution >= 0.6 is 0 Å². The average Bonchev–Trinajstić information content (AvgIpc) is 3.21. The summed E-state index contributed by atoms with van der Waals surface area (Å²) in [6.07, 6.45) is 8.58. The van der Waals surface area contributed by atoms with Crippen LogP contribution in [0.2, 0.25) is 0 Å². The van der Waals surface area contributed by atoms with Crippen LogP contribution in [0.5, 0.6) is 11.5 Å². The second kappa shape index (κ2) is 10.9. The summed E-state index contributed by atoms with van der Waals surface area (Å²) in [6, 6.07) is 5.69. The lowest BCUT2D eigenvalue weighted by atomic mass is 9.92. The van der Waals surface area contributed by atoms with E-state index >= 15 is 0 Å². The van der Waals surface area contributed by atoms with Gasteiger partial charge in [0, 0.05) is 31.7 Å². The Morgan fingerprint density at radius 1 is 1.06 bits per heavy atom. The van der Waals surface area contributed by atoms with Crippen LogP contribution < -0.4 is 14.8 Å². The molecule has 2 aliphatic rings. The van der Waals surface area contributed by atoms with Gasteiger partial charge in [0.05, 0.1) is 26.3 Å². The standard InChI is InChI=1S/C27H39N3O5/c1-27(26(32)28-19-11-8-6-5-7-9-12-19)18-29-21(25(31)30(27)15-10-16-33-2)17-20-22(34-3)13-14-23(35-4)24(20)29/h13-14,17,19H,5-12,15-16,18H2,1-4H3,(H,28,32)/t27-/m1/s1. The van der Waals surface area contributed by atoms with Gasteiger partial charge in [0.25, 0.3) is 5.91 Å². The molecular weight excluding hydrogens is 446 g/mol. The number of carbonyl (C=O) groups excluding carboxylic acids is 2. The molecule has 1 saturated carbocycles. The molecule has 1 fully saturated rings. The van der Waals surface area contributed by atoms with Crippen LogP contribution in [0, 0.1) is 0 Å². The Morgan fingerprint density at radius 3 is 2.37 bits per heavy atom. The van der Waals surface area contributed by atoms with Crippen molar-refractivity contribution in [1.82, 2.24) is 14.8 Å². The van der Waals surface area contributed by atoms with Crippen molar-refractivity contribution in [2.24, 2.45) is 0 Å². The molecule has 1 atom stereocenters. The molecule has 2 aromatic rings. The van der Waals surface area contributed by atoms with E-state index in [0.29, 0.717) is 43.3 Å². The average molecular weight is 486 g/mol. The number of amides is 2. The zero-order valence-electron chi connectivity index (χ0n) is 21.5. The summed E-state index contributed by atoms with van der Waals surface area (Å²) in [5.74, 6) is 1.06. The molecule has 0 unspecified atom stereocenters. The van der Waals surface area contributed by atoms with Gasteiger partial charge in [-0.1, -0.05) is 32.1 Å². The highest BCUT2D eigenvalue weighted by atomic mass is 16.5. The first-order chi connectivity index (χ1) is 16.9. The van der Waals surface area contributed by atoms with E-state index in [0.717, 1.165) is 36.6 Å². The number of rotatable bonds is 8. The lowest BCUT2D eigenvalue weighted by molar-refractivity contribution is -0.133. The summed E-state index contributed by atoms with van der Waals surface area (Å²) in [4.78, 5) is 29.5. The first kappa shape index (κ1) is 25.4. The first-order valence-electron chi connectivity index (χ1n) is 12.8. The molecule has 2 amide bonds. The number of aromatic nitrogens is 1. The molecule has 1 aliphatic carbocycles. The van der Waals surface area contributed by atoms with E-state index in [4.69, 9.17) is 14.2 Å². The summed E-state index contributed by atoms with van der Waals surface area (Å²) < 4.78 is 18.4. The van der Waals surface area contributed by atoms with E-state index in [-0.39, 0.29) is 17.9 Å². The van der Waals surface area contributed by atoms with Crippen LogP contribution in [0.15, 0.2) is 18.2 Å². The normalized spacial score (nSPS) is 21.4. The van der Waals surface area contributed by atoms with Crippen molar-refractivity contribution in [2.45, 2.75) is 76.4 Å². The number of benzene rings is 1. The van der Waals surface area contributed by atoms with Gasteiger partial charge < -0.3 is 29.0 Å². The second-order valence-corrected chi connectivity index (χ2v) is 9.94. The van der Waals surface area contributed by atoms with E-state index in [9.17, 15) is 9.59 Å². The van der Waals surface area contributed by atoms with Gasteiger partial charge in [0.15, 0.2) is 0 Å². The molecule has 0 saturated heterocycles. The van der Waals surface area contributed by atoms with Crippen molar-refractivity contribution >= 4 is 22.7 Å². The van der Waals surface area contributed by atoms with Crippen LogP contribution in [-0.2, 0) is 16.1 Å². The minimum Gasteiger partial charge on any atom is -0.496 e. The van der Waals surface area contributed by atoms with Gasteiger partial charge in [-0.05, 0) is 44.4 Å². The fourth-order valence-electron chi connectivity index (χ4n) is 5.61. The van der Waals surface area contributed by atoms with Crippen molar-refractivity contribution < 1.29 is 23.8 Å². The van der Waals surface area contributed by atoms with Gasteiger partial charge >= 0.3 is 0 Å². The molecule has 0 radical (unpaired) electrons. The Hall–Kier alpha value is -2.74. The van der Waals surface area contributed by atoms with Gasteiger partial charge in [-0.3, -0.25) is 9.59 Å². The summed E-state index contributed by atoms with van der Waals surface area (Å²) in [5, 5.41) is 4.13. The topological polar surface area (TPSA) is 82.0 Å². The quantitative estimate of drug-likeness (QED) is 0.569. The number of nitrogens with zero attached hydrogens (tertiary/aromatic N) is 2. The molecule has 8 heteroatoms. The number of fused-ring (bicyclic) bond motifs is 3. The predicted molar refractivity (Wildman–Crippen MR) is 135 cm³/mol. The Bertz CT molecular complexity index is 1060. The highest BCUT2D eigenvalue weighted by Gasteiger charge is 2.48. The highest BCUT2D eigenvalue weighted by Crippen LogP contribution is 2.40. The second-order valence-electron chi connectivity index (χ2n) is 9.94. The molecule has 4 rings (SSSR count). The molecule has 1 aromatic carbocycles. The van der Waals surface area contributed by atoms with Crippen molar-refractivity contribution in [3.05, 3.63) is 23.9 Å². The number of carbonyl (C=O) groups is 2. The third kappa shape index (κ3) is 4.85. The molecule has 1 N–H and O–H groups in total. The SMILES string of the molecule is COCCCN1C(=O)c2cc3c(OC)ccc(OC)c3n2C[C@]1(C)C(=O)NC1CCCCCCC1. The van der Waals surface area contributed by atoms with Gasteiger partial charge in [-0.25, -0.2) is 0 Å². The van der Waals surface area contributed by atoms with E-state index in [1.165, 1.54) is 19.3 Å². The highest BCUT2D eigenvalue weighted by molar-refractivity contribution is 6.05. The molecule has 0 bridgehead atoms. The lowest BCUT2D eigenvalue weighted by Gasteiger charge is -2.44. The minimum absolute atomic E-state index is 0.0943. The Balaban J connectivity index is 1.74. The Kier molecular flexibility index (Phi) is 7.89. The van der Waals surface area contributed by atoms with Crippen molar-refractivity contribution in [2.75, 3.05) is 34.5 Å². The molecule has 2 heterocycles. The van der Waals surface area contributed by atoms with Crippen LogP contribution in [0.25, 0.3) is 10.9 Å². The van der Waals surface area contributed by atoms with Gasteiger partial charge in [0.2, 0.25) is 5.91 Å². The molecule has 35 heavy (non-hydrogen) atoms. The fraction of sp³-hybridized carbons (Fsp3) is 0.630. The number of nitrogens with one attached hydrogen (secondary N) is 1. The Labute approximate surface area is 207 Å². The van der Waals surface area contributed by atoms with Gasteiger partial charge in [-0.15, -0.1) is 0 Å². The predicted octanol–water partition coefficient (Wildman–Crippen LogP) is 4.14. The van der Waals surface area contributed by atoms with Crippen LogP contribution in [0.4, 0.5) is 0 Å². The summed E-state index contributed by atoms with van der Waals surface area (Å²) in [7, 11) is 4.88. The van der Waals surface area contributed by atoms with Gasteiger partial charge in [-0.2, -0.15) is 0 Å². The molecule has 1 aromatic heterocycles. The molecule has 1 aliphatic heterocycles. The molecule has 8 nitrogen and oxygen atoms in total. The molecule has 192 valence electrons. The van der Waals surface area contributed by atoms with E-state index in [1.807, 2.05) is 29.7 Å². The number of hydrogen-bond acceptors (Lipinski definition) is 5. The van der Waals surface area contributed by atoms with Gasteiger partial charge in [0.1, 0.15) is 22.7 Å². The monoisotopic (exact) mass is 485 g/mol. The Morgan fingerprint density at radius 2 is 1.71 bits per heavy atom. The maximum absolute atomic E-state index is 13.9. The van der Waals surface area contributed by atoms with E-state index in [2.05, 4.69) is 5.32 Å². The summed E-state index contributed by atoms with van der Waals surface area (Å²) in [6.45, 7) is 3.19. The van der Waals surface area contributed by atoms with E-state index < -0.39 is 5.54 Å². The maximum Gasteiger partial charge on any atom is 0.271 e. The summed E-state index contributed by atoms with van der Waals surface area (Å²) >= 11 is 0. The van der Waals surface area contributed by atoms with Crippen LogP contribution in [0.1, 0.15) is 68.8 Å². The van der Waals surface area contributed by atoms with Crippen LogP contribution in [-0.4, -0.2) is 67.3 Å². The third-order valence-corrected chi connectivity index (χ3v) is 7.61. The smallest absolute Gasteiger partial charge is 0.271 e. The molecule has 0 spiro atoms. The first-order valence-corrected chi connectivity index (χ1v) is 12.8. The third-order valence-electron chi connectivity index (χ3n) is 7.61. The van der Waals surface area contributed by atoms with E-state index in [1.54, 1.807) is 26.2 Å². The van der Waals surface area contributed by atoms with Crippen molar-refractivity contribution in [1.29, 1.82) is 0 Å². The zero-order valence-corrected chi connectivity index (χ0v) is 21.5. The van der Waals surface area contributed by atoms with Crippen molar-refractivity contribution in [3.8, 4) is 11.5 Å². The lowest BCUT2D eigenvalue weighted by Crippen LogP contribution is -2.65. The number of ether oxygens (including phenoxy) is 3. The maximum atomic E-state index is 13.9. The van der Waals surface area contributed by atoms with Crippen molar-refractivity contribution in [3.63, 3.8) is 0 Å². The van der Waals surface area contributed by atoms with Crippen LogP contribution in [0.3, 0.4) is 0 Å². The largest absolute Gasteiger partial charge is 0.496 e. The number of hydrogen-bond donors (Lipinski definition) is 1. The molecular formula is C27H39N3O5. The number of methoxy groups -OCH3 is 3. The zero-order chi connectivity index (χ0) is 25.0.